The number of nitrogens with zero attached hydrogens (tertiary/aromatic N) is 2. The third-order valence-electron chi connectivity index (χ3n) is 3.26. The Balaban J connectivity index is 2.16. The number of rotatable bonds is 6. The summed E-state index contributed by atoms with van der Waals surface area (Å²) in [5.41, 5.74) is 0. The maximum Gasteiger partial charge on any atom is 0.317 e. The molecule has 18 heavy (non-hydrogen) atoms. The first-order chi connectivity index (χ1) is 8.63. The minimum atomic E-state index is 0.0376. The summed E-state index contributed by atoms with van der Waals surface area (Å²) < 4.78 is 4.91. The van der Waals surface area contributed by atoms with E-state index in [1.54, 1.807) is 7.11 Å². The van der Waals surface area contributed by atoms with Crippen molar-refractivity contribution < 1.29 is 9.53 Å². The number of ether oxygens (including phenoxy) is 1. The highest BCUT2D eigenvalue weighted by Crippen LogP contribution is 2.06. The average Bonchev–Trinajstić information content (AvgIpc) is 2.37. The first-order valence-electron chi connectivity index (χ1n) is 6.87. The molecular formula is C13H27N3O2. The van der Waals surface area contributed by atoms with Crippen LogP contribution in [0.1, 0.15) is 20.3 Å². The van der Waals surface area contributed by atoms with Crippen LogP contribution in [0.5, 0.6) is 0 Å². The second-order valence-corrected chi connectivity index (χ2v) is 5.24. The van der Waals surface area contributed by atoms with E-state index in [4.69, 9.17) is 4.74 Å². The lowest BCUT2D eigenvalue weighted by Crippen LogP contribution is -2.52. The Morgan fingerprint density at radius 2 is 1.94 bits per heavy atom. The normalized spacial score (nSPS) is 17.2. The largest absolute Gasteiger partial charge is 0.383 e. The fourth-order valence-corrected chi connectivity index (χ4v) is 1.99. The van der Waals surface area contributed by atoms with Crippen LogP contribution in [0, 0.1) is 5.92 Å². The number of urea groups is 1. The van der Waals surface area contributed by atoms with Crippen LogP contribution in [-0.2, 0) is 4.74 Å². The zero-order valence-corrected chi connectivity index (χ0v) is 11.9. The van der Waals surface area contributed by atoms with Gasteiger partial charge in [-0.15, -0.1) is 0 Å². The van der Waals surface area contributed by atoms with Gasteiger partial charge in [-0.3, -0.25) is 4.90 Å². The molecule has 0 saturated carbocycles. The summed E-state index contributed by atoms with van der Waals surface area (Å²) in [6.07, 6.45) is 1.24. The van der Waals surface area contributed by atoms with Crippen LogP contribution in [0.15, 0.2) is 0 Å². The summed E-state index contributed by atoms with van der Waals surface area (Å²) in [5, 5.41) is 2.86. The van der Waals surface area contributed by atoms with Gasteiger partial charge < -0.3 is 15.0 Å². The molecule has 1 aliphatic rings. The first kappa shape index (κ1) is 15.2. The van der Waals surface area contributed by atoms with E-state index in [-0.39, 0.29) is 6.03 Å². The van der Waals surface area contributed by atoms with Gasteiger partial charge in [-0.25, -0.2) is 4.79 Å². The van der Waals surface area contributed by atoms with Crippen LogP contribution in [0.3, 0.4) is 0 Å². The number of hydrogen-bond acceptors (Lipinski definition) is 3. The van der Waals surface area contributed by atoms with Crippen molar-refractivity contribution in [2.75, 3.05) is 53.0 Å². The van der Waals surface area contributed by atoms with Crippen LogP contribution in [0.25, 0.3) is 0 Å². The summed E-state index contributed by atoms with van der Waals surface area (Å²) in [5.74, 6) is 0.750. The molecule has 0 aromatic heterocycles. The van der Waals surface area contributed by atoms with E-state index in [0.717, 1.165) is 38.6 Å². The Hall–Kier alpha value is -0.810. The first-order valence-corrected chi connectivity index (χ1v) is 6.87. The second-order valence-electron chi connectivity index (χ2n) is 5.24. The number of amides is 2. The minimum Gasteiger partial charge on any atom is -0.383 e. The summed E-state index contributed by atoms with van der Waals surface area (Å²) >= 11 is 0. The lowest BCUT2D eigenvalue weighted by molar-refractivity contribution is 0.132. The van der Waals surface area contributed by atoms with Crippen molar-refractivity contribution >= 4 is 6.03 Å². The van der Waals surface area contributed by atoms with Gasteiger partial charge in [-0.05, 0) is 18.9 Å². The molecule has 0 spiro atoms. The lowest BCUT2D eigenvalue weighted by Gasteiger charge is -2.35. The molecule has 0 atom stereocenters. The Morgan fingerprint density at radius 1 is 1.28 bits per heavy atom. The fraction of sp³-hybridized carbons (Fsp3) is 0.923. The van der Waals surface area contributed by atoms with E-state index in [1.165, 1.54) is 6.42 Å². The number of carbonyl (C=O) groups is 1. The third-order valence-corrected chi connectivity index (χ3v) is 3.26. The van der Waals surface area contributed by atoms with Crippen LogP contribution >= 0.6 is 0 Å². The molecule has 1 saturated heterocycles. The van der Waals surface area contributed by atoms with Gasteiger partial charge in [0.05, 0.1) is 6.61 Å². The molecule has 1 N–H and O–H groups in total. The van der Waals surface area contributed by atoms with E-state index in [1.807, 2.05) is 4.90 Å². The van der Waals surface area contributed by atoms with Gasteiger partial charge in [0.1, 0.15) is 0 Å². The molecule has 1 rings (SSSR count). The zero-order valence-electron chi connectivity index (χ0n) is 11.9. The van der Waals surface area contributed by atoms with Gasteiger partial charge in [-0.2, -0.15) is 0 Å². The molecule has 0 unspecified atom stereocenters. The monoisotopic (exact) mass is 257 g/mol. The molecule has 5 nitrogen and oxygen atoms in total. The molecule has 1 fully saturated rings. The van der Waals surface area contributed by atoms with E-state index in [0.29, 0.717) is 13.2 Å². The van der Waals surface area contributed by atoms with Crippen molar-refractivity contribution in [3.05, 3.63) is 0 Å². The number of methoxy groups -OCH3 is 1. The van der Waals surface area contributed by atoms with Crippen molar-refractivity contribution in [1.29, 1.82) is 0 Å². The van der Waals surface area contributed by atoms with Gasteiger partial charge >= 0.3 is 6.03 Å². The molecule has 106 valence electrons. The predicted octanol–water partition coefficient (Wildman–Crippen LogP) is 1.01. The number of hydrogen-bond donors (Lipinski definition) is 1. The topological polar surface area (TPSA) is 44.8 Å². The van der Waals surface area contributed by atoms with E-state index in [2.05, 4.69) is 24.1 Å². The smallest absolute Gasteiger partial charge is 0.317 e. The molecule has 2 amide bonds. The molecule has 0 aromatic rings. The number of nitrogens with one attached hydrogen (secondary N) is 1. The number of carbonyl (C=O) groups excluding carboxylic acids is 1. The lowest BCUT2D eigenvalue weighted by atomic mass is 10.1. The van der Waals surface area contributed by atoms with Gasteiger partial charge in [0.25, 0.3) is 0 Å². The summed E-state index contributed by atoms with van der Waals surface area (Å²) in [7, 11) is 1.64. The fourth-order valence-electron chi connectivity index (χ4n) is 1.99. The highest BCUT2D eigenvalue weighted by atomic mass is 16.5. The minimum absolute atomic E-state index is 0.0376. The zero-order chi connectivity index (χ0) is 13.4. The molecule has 0 aliphatic carbocycles. The maximum absolute atomic E-state index is 11.8. The summed E-state index contributed by atoms with van der Waals surface area (Å²) in [6, 6.07) is 0.0376. The number of piperazine rings is 1. The molecule has 0 bridgehead atoms. The average molecular weight is 257 g/mol. The van der Waals surface area contributed by atoms with Crippen LogP contribution in [0.2, 0.25) is 0 Å². The van der Waals surface area contributed by atoms with Crippen LogP contribution in [0.4, 0.5) is 4.79 Å². The summed E-state index contributed by atoms with van der Waals surface area (Å²) in [4.78, 5) is 16.1. The molecule has 0 aromatic carbocycles. The predicted molar refractivity (Wildman–Crippen MR) is 72.7 cm³/mol. The van der Waals surface area contributed by atoms with E-state index in [9.17, 15) is 4.79 Å². The van der Waals surface area contributed by atoms with Crippen molar-refractivity contribution in [1.82, 2.24) is 15.1 Å². The Kier molecular flexibility index (Phi) is 7.05. The van der Waals surface area contributed by atoms with Crippen molar-refractivity contribution in [2.45, 2.75) is 20.3 Å². The van der Waals surface area contributed by atoms with Gasteiger partial charge in [0.2, 0.25) is 0 Å². The quantitative estimate of drug-likeness (QED) is 0.722. The van der Waals surface area contributed by atoms with Gasteiger partial charge in [0.15, 0.2) is 0 Å². The van der Waals surface area contributed by atoms with Crippen molar-refractivity contribution in [2.24, 2.45) is 5.92 Å². The van der Waals surface area contributed by atoms with Crippen molar-refractivity contribution in [3.63, 3.8) is 0 Å². The Labute approximate surface area is 110 Å². The highest BCUT2D eigenvalue weighted by molar-refractivity contribution is 5.74. The summed E-state index contributed by atoms with van der Waals surface area (Å²) in [6.45, 7) is 10.4. The Morgan fingerprint density at radius 3 is 2.50 bits per heavy atom. The highest BCUT2D eigenvalue weighted by Gasteiger charge is 2.20. The Bertz CT molecular complexity index is 238. The van der Waals surface area contributed by atoms with Gasteiger partial charge in [0, 0.05) is 39.8 Å². The maximum atomic E-state index is 11.8. The van der Waals surface area contributed by atoms with Crippen molar-refractivity contribution in [3.8, 4) is 0 Å². The molecule has 0 radical (unpaired) electrons. The van der Waals surface area contributed by atoms with E-state index < -0.39 is 0 Å². The molecule has 1 aliphatic heterocycles. The molecular weight excluding hydrogens is 230 g/mol. The second kappa shape index (κ2) is 8.32. The standard InChI is InChI=1S/C13H27N3O2/c1-12(2)4-6-15-7-9-16(10-8-15)13(17)14-5-11-18-3/h12H,4-11H2,1-3H3,(H,14,17). The van der Waals surface area contributed by atoms with Crippen LogP contribution < -0.4 is 5.32 Å². The van der Waals surface area contributed by atoms with E-state index >= 15 is 0 Å². The molecule has 5 heteroatoms. The molecule has 1 heterocycles. The van der Waals surface area contributed by atoms with Crippen LogP contribution in [-0.4, -0.2) is 68.8 Å². The SMILES string of the molecule is COCCNC(=O)N1CCN(CCC(C)C)CC1. The van der Waals surface area contributed by atoms with Gasteiger partial charge in [-0.1, -0.05) is 13.8 Å². The third kappa shape index (κ3) is 5.69.